The zero-order valence-electron chi connectivity index (χ0n) is 15.6. The summed E-state index contributed by atoms with van der Waals surface area (Å²) in [5.74, 6) is 0. The van der Waals surface area contributed by atoms with Gasteiger partial charge in [-0.15, -0.1) is 0 Å². The van der Waals surface area contributed by atoms with Crippen LogP contribution in [0.25, 0.3) is 0 Å². The van der Waals surface area contributed by atoms with Crippen molar-refractivity contribution < 1.29 is 0 Å². The van der Waals surface area contributed by atoms with Gasteiger partial charge in [0.2, 0.25) is 0 Å². The molecule has 0 amide bonds. The summed E-state index contributed by atoms with van der Waals surface area (Å²) >= 11 is 0. The van der Waals surface area contributed by atoms with Crippen LogP contribution in [0.15, 0.2) is 9.98 Å². The first kappa shape index (κ1) is 18.6. The minimum absolute atomic E-state index is 0.631. The predicted molar refractivity (Wildman–Crippen MR) is 101 cm³/mol. The lowest BCUT2D eigenvalue weighted by atomic mass is 10.0. The summed E-state index contributed by atoms with van der Waals surface area (Å²) in [6, 6.07) is 2.58. The Balaban J connectivity index is 1.65. The molecule has 0 fully saturated rings. The number of unbranched alkanes of at least 4 members (excludes halogenated alkanes) is 2. The molecule has 2 aliphatic heterocycles. The number of aliphatic imine (C=N–C) groups is 2. The molecule has 2 aliphatic rings. The van der Waals surface area contributed by atoms with Gasteiger partial charge in [-0.05, 0) is 40.5 Å². The molecule has 0 saturated heterocycles. The first-order chi connectivity index (χ1) is 11.1. The van der Waals surface area contributed by atoms with E-state index in [1.54, 1.807) is 0 Å². The van der Waals surface area contributed by atoms with Crippen LogP contribution in [0.1, 0.15) is 59.8 Å². The normalized spacial score (nSPS) is 26.5. The molecule has 0 radical (unpaired) electrons. The first-order valence-electron chi connectivity index (χ1n) is 9.57. The molecule has 2 unspecified atom stereocenters. The fourth-order valence-electron chi connectivity index (χ4n) is 3.92. The highest BCUT2D eigenvalue weighted by Gasteiger charge is 2.23. The average molecular weight is 321 g/mol. The van der Waals surface area contributed by atoms with Gasteiger partial charge in [0.05, 0.1) is 13.1 Å². The Morgan fingerprint density at radius 1 is 0.783 bits per heavy atom. The summed E-state index contributed by atoms with van der Waals surface area (Å²) in [5.41, 5.74) is 0. The molecule has 0 aromatic carbocycles. The van der Waals surface area contributed by atoms with Crippen molar-refractivity contribution in [3.8, 4) is 0 Å². The first-order valence-corrected chi connectivity index (χ1v) is 9.57. The molecule has 0 bridgehead atoms. The van der Waals surface area contributed by atoms with E-state index in [-0.39, 0.29) is 0 Å². The van der Waals surface area contributed by atoms with E-state index < -0.39 is 0 Å². The molecular weight excluding hydrogens is 284 g/mol. The van der Waals surface area contributed by atoms with Gasteiger partial charge in [-0.25, -0.2) is 0 Å². The van der Waals surface area contributed by atoms with Crippen LogP contribution in [0.2, 0.25) is 0 Å². The van der Waals surface area contributed by atoms with Crippen molar-refractivity contribution in [2.75, 3.05) is 26.2 Å². The van der Waals surface area contributed by atoms with Gasteiger partial charge >= 0.3 is 0 Å². The van der Waals surface area contributed by atoms with Crippen molar-refractivity contribution in [2.45, 2.75) is 84.0 Å². The minimum atomic E-state index is 0.631. The Labute approximate surface area is 143 Å². The van der Waals surface area contributed by atoms with Crippen molar-refractivity contribution in [1.29, 1.82) is 0 Å². The van der Waals surface area contributed by atoms with E-state index in [1.807, 2.05) is 0 Å². The third-order valence-electron chi connectivity index (χ3n) is 5.31. The smallest absolute Gasteiger partial charge is 0.0542 e. The molecule has 0 N–H and O–H groups in total. The van der Waals surface area contributed by atoms with E-state index in [1.165, 1.54) is 32.1 Å². The maximum atomic E-state index is 4.50. The lowest BCUT2D eigenvalue weighted by molar-refractivity contribution is 0.158. The molecule has 2 rings (SSSR count). The zero-order valence-corrected chi connectivity index (χ0v) is 15.6. The van der Waals surface area contributed by atoms with Gasteiger partial charge in [0, 0.05) is 49.7 Å². The van der Waals surface area contributed by atoms with E-state index in [0.29, 0.717) is 24.2 Å². The van der Waals surface area contributed by atoms with Crippen molar-refractivity contribution in [3.63, 3.8) is 0 Å². The second-order valence-corrected chi connectivity index (χ2v) is 7.62. The summed E-state index contributed by atoms with van der Waals surface area (Å²) in [4.78, 5) is 14.2. The van der Waals surface area contributed by atoms with Gasteiger partial charge in [-0.2, -0.15) is 0 Å². The number of nitrogens with zero attached hydrogens (tertiary/aromatic N) is 4. The largest absolute Gasteiger partial charge is 0.295 e. The van der Waals surface area contributed by atoms with Gasteiger partial charge in [0.15, 0.2) is 0 Å². The van der Waals surface area contributed by atoms with Crippen LogP contribution in [0, 0.1) is 0 Å². The van der Waals surface area contributed by atoms with Crippen LogP contribution in [0.4, 0.5) is 0 Å². The molecule has 4 nitrogen and oxygen atoms in total. The van der Waals surface area contributed by atoms with E-state index in [4.69, 9.17) is 0 Å². The molecule has 0 aliphatic carbocycles. The zero-order chi connectivity index (χ0) is 16.7. The summed E-state index contributed by atoms with van der Waals surface area (Å²) in [5, 5.41) is 0. The van der Waals surface area contributed by atoms with Crippen LogP contribution >= 0.6 is 0 Å². The Bertz CT molecular complexity index is 353. The molecule has 0 spiro atoms. The van der Waals surface area contributed by atoms with Gasteiger partial charge in [0.1, 0.15) is 0 Å². The highest BCUT2D eigenvalue weighted by Crippen LogP contribution is 2.19. The van der Waals surface area contributed by atoms with Gasteiger partial charge in [-0.1, -0.05) is 19.3 Å². The summed E-state index contributed by atoms with van der Waals surface area (Å²) in [7, 11) is 0. The van der Waals surface area contributed by atoms with Gasteiger partial charge < -0.3 is 0 Å². The highest BCUT2D eigenvalue weighted by atomic mass is 15.2. The summed E-state index contributed by atoms with van der Waals surface area (Å²) < 4.78 is 0. The molecule has 23 heavy (non-hydrogen) atoms. The van der Waals surface area contributed by atoms with Crippen LogP contribution in [-0.4, -0.2) is 72.6 Å². The van der Waals surface area contributed by atoms with Crippen LogP contribution in [0.3, 0.4) is 0 Å². The lowest BCUT2D eigenvalue weighted by Crippen LogP contribution is -2.46. The molecular formula is C19H36N4. The van der Waals surface area contributed by atoms with Gasteiger partial charge in [0.25, 0.3) is 0 Å². The third kappa shape index (κ3) is 5.68. The topological polar surface area (TPSA) is 31.2 Å². The molecule has 4 heteroatoms. The van der Waals surface area contributed by atoms with Crippen molar-refractivity contribution >= 4 is 12.4 Å². The molecule has 0 aromatic rings. The fourth-order valence-corrected chi connectivity index (χ4v) is 3.92. The fraction of sp³-hybridized carbons (Fsp3) is 0.895. The van der Waals surface area contributed by atoms with E-state index in [2.05, 4.69) is 59.9 Å². The van der Waals surface area contributed by atoms with E-state index in [0.717, 1.165) is 26.2 Å². The Morgan fingerprint density at radius 2 is 1.22 bits per heavy atom. The second-order valence-electron chi connectivity index (χ2n) is 7.62. The number of rotatable bonds is 8. The van der Waals surface area contributed by atoms with Crippen molar-refractivity contribution in [1.82, 2.24) is 9.80 Å². The maximum Gasteiger partial charge on any atom is 0.0542 e. The summed E-state index contributed by atoms with van der Waals surface area (Å²) in [6.45, 7) is 13.3. The molecule has 0 aromatic heterocycles. The highest BCUT2D eigenvalue weighted by molar-refractivity contribution is 5.61. The van der Waals surface area contributed by atoms with Crippen LogP contribution in [0.5, 0.6) is 0 Å². The molecule has 2 atom stereocenters. The quantitative estimate of drug-likeness (QED) is 0.643. The van der Waals surface area contributed by atoms with Gasteiger partial charge in [-0.3, -0.25) is 19.8 Å². The standard InChI is InChI=1S/C19H36N4/c1-16(2)22-12-10-20-14-18(22)8-6-5-7-9-19-15-21-11-13-23(19)17(3)4/h10-11,16-19H,5-9,12-15H2,1-4H3. The summed E-state index contributed by atoms with van der Waals surface area (Å²) in [6.07, 6.45) is 10.8. The monoisotopic (exact) mass is 320 g/mol. The van der Waals surface area contributed by atoms with Crippen molar-refractivity contribution in [3.05, 3.63) is 0 Å². The number of hydrogen-bond donors (Lipinski definition) is 0. The average Bonchev–Trinajstić information content (AvgIpc) is 2.55. The maximum absolute atomic E-state index is 4.50. The molecule has 132 valence electrons. The Kier molecular flexibility index (Phi) is 7.71. The Hall–Kier alpha value is -0.740. The van der Waals surface area contributed by atoms with Crippen LogP contribution in [-0.2, 0) is 0 Å². The van der Waals surface area contributed by atoms with Crippen LogP contribution < -0.4 is 0 Å². The predicted octanol–water partition coefficient (Wildman–Crippen LogP) is 3.26. The second kappa shape index (κ2) is 9.53. The minimum Gasteiger partial charge on any atom is -0.295 e. The number of hydrogen-bond acceptors (Lipinski definition) is 4. The van der Waals surface area contributed by atoms with E-state index >= 15 is 0 Å². The third-order valence-corrected chi connectivity index (χ3v) is 5.31. The lowest BCUT2D eigenvalue weighted by Gasteiger charge is -2.36. The molecule has 2 heterocycles. The van der Waals surface area contributed by atoms with Crippen molar-refractivity contribution in [2.24, 2.45) is 9.98 Å². The Morgan fingerprint density at radius 3 is 1.61 bits per heavy atom. The molecule has 0 saturated carbocycles. The van der Waals surface area contributed by atoms with E-state index in [9.17, 15) is 0 Å². The SMILES string of the molecule is CC(C)N1CC=NCC1CCCCCC1CN=CCN1C(C)C.